The molecule has 114 valence electrons. The topological polar surface area (TPSA) is 42.2 Å². The summed E-state index contributed by atoms with van der Waals surface area (Å²) >= 11 is 0. The second kappa shape index (κ2) is 7.21. The van der Waals surface area contributed by atoms with E-state index in [1.54, 1.807) is 0 Å². The summed E-state index contributed by atoms with van der Waals surface area (Å²) in [6.45, 7) is 6.32. The Morgan fingerprint density at radius 1 is 1.24 bits per heavy atom. The molecule has 3 nitrogen and oxygen atoms in total. The first-order chi connectivity index (χ1) is 9.76. The molecule has 0 aliphatic carbocycles. The van der Waals surface area contributed by atoms with Crippen molar-refractivity contribution in [2.24, 2.45) is 17.6 Å². The molecule has 1 aromatic heterocycles. The number of para-hydroxylation sites is 1. The molecule has 0 spiro atoms. The zero-order chi connectivity index (χ0) is 13.9. The number of likely N-dealkylation sites (tertiary alicyclic amines) is 1. The fourth-order valence-corrected chi connectivity index (χ4v) is 3.10. The average Bonchev–Trinajstić information content (AvgIpc) is 2.49. The van der Waals surface area contributed by atoms with Gasteiger partial charge in [0.1, 0.15) is 0 Å². The fraction of sp³-hybridized carbons (Fsp3) is 0.471. The van der Waals surface area contributed by atoms with Crippen LogP contribution in [-0.4, -0.2) is 29.5 Å². The van der Waals surface area contributed by atoms with Crippen LogP contribution in [0.3, 0.4) is 0 Å². The lowest BCUT2D eigenvalue weighted by Gasteiger charge is -2.36. The van der Waals surface area contributed by atoms with Gasteiger partial charge in [0.25, 0.3) is 0 Å². The lowest BCUT2D eigenvalue weighted by atomic mass is 9.87. The van der Waals surface area contributed by atoms with Crippen LogP contribution in [0.5, 0.6) is 0 Å². The number of nitrogens with zero attached hydrogens (tertiary/aromatic N) is 2. The van der Waals surface area contributed by atoms with Crippen LogP contribution in [0.25, 0.3) is 10.9 Å². The van der Waals surface area contributed by atoms with E-state index in [0.29, 0.717) is 5.92 Å². The van der Waals surface area contributed by atoms with Gasteiger partial charge in [0.2, 0.25) is 0 Å². The number of rotatable bonds is 3. The number of hydrogen-bond donors (Lipinski definition) is 1. The molecule has 3 rings (SSSR count). The lowest BCUT2D eigenvalue weighted by molar-refractivity contribution is 0.125. The lowest BCUT2D eigenvalue weighted by Crippen LogP contribution is -2.42. The number of nitrogens with two attached hydrogens (primary N) is 1. The predicted molar refractivity (Wildman–Crippen MR) is 90.6 cm³/mol. The minimum Gasteiger partial charge on any atom is -0.330 e. The van der Waals surface area contributed by atoms with Crippen molar-refractivity contribution >= 4 is 23.3 Å². The average molecular weight is 306 g/mol. The van der Waals surface area contributed by atoms with E-state index in [-0.39, 0.29) is 12.4 Å². The van der Waals surface area contributed by atoms with Gasteiger partial charge in [-0.05, 0) is 43.5 Å². The molecule has 2 unspecified atom stereocenters. The number of halogens is 1. The molecule has 2 heterocycles. The maximum atomic E-state index is 5.88. The highest BCUT2D eigenvalue weighted by molar-refractivity contribution is 5.85. The zero-order valence-electron chi connectivity index (χ0n) is 12.5. The Kier molecular flexibility index (Phi) is 5.57. The summed E-state index contributed by atoms with van der Waals surface area (Å²) in [6, 6.07) is 12.6. The molecule has 1 aromatic carbocycles. The molecule has 0 saturated carbocycles. The van der Waals surface area contributed by atoms with Crippen LogP contribution in [0, 0.1) is 11.8 Å². The summed E-state index contributed by atoms with van der Waals surface area (Å²) in [5, 5.41) is 1.21. The molecule has 2 aromatic rings. The molecule has 0 amide bonds. The van der Waals surface area contributed by atoms with E-state index in [1.807, 2.05) is 6.07 Å². The maximum absolute atomic E-state index is 5.88. The second-order valence-corrected chi connectivity index (χ2v) is 5.99. The Balaban J connectivity index is 0.00000161. The van der Waals surface area contributed by atoms with E-state index in [2.05, 4.69) is 42.2 Å². The number of piperidine rings is 1. The summed E-state index contributed by atoms with van der Waals surface area (Å²) in [5.74, 6) is 1.38. The fourth-order valence-electron chi connectivity index (χ4n) is 3.10. The largest absolute Gasteiger partial charge is 0.330 e. The predicted octanol–water partition coefficient (Wildman–Crippen LogP) is 3.07. The molecule has 0 bridgehead atoms. The number of hydrogen-bond acceptors (Lipinski definition) is 3. The summed E-state index contributed by atoms with van der Waals surface area (Å²) < 4.78 is 0. The van der Waals surface area contributed by atoms with Gasteiger partial charge in [0.05, 0.1) is 11.2 Å². The van der Waals surface area contributed by atoms with Gasteiger partial charge < -0.3 is 5.73 Å². The van der Waals surface area contributed by atoms with E-state index in [4.69, 9.17) is 10.7 Å². The van der Waals surface area contributed by atoms with Crippen LogP contribution >= 0.6 is 12.4 Å². The number of pyridine rings is 1. The van der Waals surface area contributed by atoms with Crippen molar-refractivity contribution in [1.29, 1.82) is 0 Å². The SMILES string of the molecule is CC1CCN(Cc2ccc3ccccc3n2)CC1CN.Cl. The second-order valence-electron chi connectivity index (χ2n) is 5.99. The first-order valence-corrected chi connectivity index (χ1v) is 7.53. The van der Waals surface area contributed by atoms with Gasteiger partial charge >= 0.3 is 0 Å². The number of fused-ring (bicyclic) bond motifs is 1. The van der Waals surface area contributed by atoms with Crippen molar-refractivity contribution in [3.05, 3.63) is 42.1 Å². The van der Waals surface area contributed by atoms with E-state index in [9.17, 15) is 0 Å². The first kappa shape index (κ1) is 16.2. The Labute approximate surface area is 132 Å². The molecule has 1 fully saturated rings. The molecule has 21 heavy (non-hydrogen) atoms. The Hall–Kier alpha value is -1.16. The van der Waals surface area contributed by atoms with Gasteiger partial charge in [-0.15, -0.1) is 12.4 Å². The van der Waals surface area contributed by atoms with E-state index < -0.39 is 0 Å². The molecule has 4 heteroatoms. The Bertz CT molecular complexity index is 587. The van der Waals surface area contributed by atoms with E-state index in [0.717, 1.165) is 43.3 Å². The normalized spacial score (nSPS) is 23.0. The van der Waals surface area contributed by atoms with Crippen LogP contribution in [0.2, 0.25) is 0 Å². The van der Waals surface area contributed by atoms with Crippen molar-refractivity contribution in [2.45, 2.75) is 19.9 Å². The van der Waals surface area contributed by atoms with Gasteiger partial charge in [-0.25, -0.2) is 0 Å². The third-order valence-electron chi connectivity index (χ3n) is 4.54. The van der Waals surface area contributed by atoms with Crippen LogP contribution in [-0.2, 0) is 6.54 Å². The van der Waals surface area contributed by atoms with Crippen molar-refractivity contribution in [1.82, 2.24) is 9.88 Å². The Morgan fingerprint density at radius 2 is 2.05 bits per heavy atom. The van der Waals surface area contributed by atoms with Crippen molar-refractivity contribution < 1.29 is 0 Å². The molecule has 2 atom stereocenters. The van der Waals surface area contributed by atoms with Crippen LogP contribution in [0.15, 0.2) is 36.4 Å². The quantitative estimate of drug-likeness (QED) is 0.947. The Morgan fingerprint density at radius 3 is 2.86 bits per heavy atom. The minimum atomic E-state index is 0. The summed E-state index contributed by atoms with van der Waals surface area (Å²) in [6.07, 6.45) is 1.25. The highest BCUT2D eigenvalue weighted by Crippen LogP contribution is 2.23. The summed E-state index contributed by atoms with van der Waals surface area (Å²) in [5.41, 5.74) is 8.13. The maximum Gasteiger partial charge on any atom is 0.0705 e. The molecule has 2 N–H and O–H groups in total. The smallest absolute Gasteiger partial charge is 0.0705 e. The van der Waals surface area contributed by atoms with Crippen LogP contribution in [0.4, 0.5) is 0 Å². The number of benzene rings is 1. The van der Waals surface area contributed by atoms with Crippen molar-refractivity contribution in [2.75, 3.05) is 19.6 Å². The van der Waals surface area contributed by atoms with Crippen LogP contribution in [0.1, 0.15) is 19.0 Å². The highest BCUT2D eigenvalue weighted by Gasteiger charge is 2.25. The van der Waals surface area contributed by atoms with Crippen molar-refractivity contribution in [3.63, 3.8) is 0 Å². The standard InChI is InChI=1S/C17H23N3.ClH/c1-13-8-9-20(11-15(13)10-18)12-16-7-6-14-4-2-3-5-17(14)19-16;/h2-7,13,15H,8-12,18H2,1H3;1H. The third kappa shape index (κ3) is 3.73. The van der Waals surface area contributed by atoms with Gasteiger partial charge in [-0.1, -0.05) is 31.2 Å². The van der Waals surface area contributed by atoms with Gasteiger partial charge in [-0.3, -0.25) is 9.88 Å². The van der Waals surface area contributed by atoms with Gasteiger partial charge in [0, 0.05) is 18.5 Å². The summed E-state index contributed by atoms with van der Waals surface area (Å²) in [4.78, 5) is 7.26. The van der Waals surface area contributed by atoms with Gasteiger partial charge in [0.15, 0.2) is 0 Å². The molecule has 1 aliphatic heterocycles. The molecular formula is C17H24ClN3. The minimum absolute atomic E-state index is 0. The molecular weight excluding hydrogens is 282 g/mol. The van der Waals surface area contributed by atoms with Crippen molar-refractivity contribution in [3.8, 4) is 0 Å². The van der Waals surface area contributed by atoms with E-state index in [1.165, 1.54) is 11.8 Å². The zero-order valence-corrected chi connectivity index (χ0v) is 13.4. The van der Waals surface area contributed by atoms with E-state index >= 15 is 0 Å². The molecule has 1 aliphatic rings. The van der Waals surface area contributed by atoms with Gasteiger partial charge in [-0.2, -0.15) is 0 Å². The molecule has 1 saturated heterocycles. The highest BCUT2D eigenvalue weighted by atomic mass is 35.5. The number of aromatic nitrogens is 1. The summed E-state index contributed by atoms with van der Waals surface area (Å²) in [7, 11) is 0. The first-order valence-electron chi connectivity index (χ1n) is 7.53. The molecule has 0 radical (unpaired) electrons. The van der Waals surface area contributed by atoms with Crippen LogP contribution < -0.4 is 5.73 Å². The third-order valence-corrected chi connectivity index (χ3v) is 4.54. The monoisotopic (exact) mass is 305 g/mol.